The van der Waals surface area contributed by atoms with Crippen molar-refractivity contribution in [2.45, 2.75) is 6.42 Å². The third-order valence-corrected chi connectivity index (χ3v) is 4.06. The number of halogens is 2. The molecule has 5 nitrogen and oxygen atoms in total. The minimum atomic E-state index is -0.311. The summed E-state index contributed by atoms with van der Waals surface area (Å²) in [6.07, 6.45) is 0.662. The zero-order chi connectivity index (χ0) is 17.5. The number of urea groups is 1. The Bertz CT molecular complexity index is 723. The first-order chi connectivity index (χ1) is 11.5. The number of benzene rings is 2. The maximum Gasteiger partial charge on any atom is 0.319 e. The molecule has 0 aliphatic rings. The fourth-order valence-electron chi connectivity index (χ4n) is 2.11. The van der Waals surface area contributed by atoms with Gasteiger partial charge in [0.2, 0.25) is 0 Å². The molecule has 0 radical (unpaired) electrons. The maximum atomic E-state index is 11.9. The summed E-state index contributed by atoms with van der Waals surface area (Å²) in [4.78, 5) is 11.9. The summed E-state index contributed by atoms with van der Waals surface area (Å²) in [5.41, 5.74) is 1.61. The zero-order valence-corrected chi connectivity index (χ0v) is 14.9. The number of hydrogen-bond donors (Lipinski definition) is 2. The predicted octanol–water partition coefficient (Wildman–Crippen LogP) is 4.37. The number of hydrogen-bond acceptors (Lipinski definition) is 3. The highest BCUT2D eigenvalue weighted by Gasteiger charge is 2.06. The molecule has 2 aromatic rings. The molecule has 0 aromatic heterocycles. The molecular weight excluding hydrogens is 351 g/mol. The second kappa shape index (κ2) is 8.66. The van der Waals surface area contributed by atoms with Gasteiger partial charge in [-0.15, -0.1) is 0 Å². The maximum absolute atomic E-state index is 11.9. The molecule has 2 N–H and O–H groups in total. The lowest BCUT2D eigenvalue weighted by Crippen LogP contribution is -2.30. The van der Waals surface area contributed by atoms with Gasteiger partial charge < -0.3 is 20.1 Å². The molecule has 0 aliphatic carbocycles. The van der Waals surface area contributed by atoms with E-state index in [9.17, 15) is 4.79 Å². The molecule has 2 aromatic carbocycles. The first-order valence-electron chi connectivity index (χ1n) is 7.24. The van der Waals surface area contributed by atoms with Crippen molar-refractivity contribution in [3.05, 3.63) is 52.0 Å². The molecule has 0 atom stereocenters. The number of carbonyl (C=O) groups is 1. The number of amides is 2. The van der Waals surface area contributed by atoms with E-state index in [1.807, 2.05) is 18.2 Å². The van der Waals surface area contributed by atoms with Crippen molar-refractivity contribution in [3.63, 3.8) is 0 Å². The van der Waals surface area contributed by atoms with E-state index < -0.39 is 0 Å². The Balaban J connectivity index is 1.85. The summed E-state index contributed by atoms with van der Waals surface area (Å²) in [5.74, 6) is 1.34. The number of carbonyl (C=O) groups excluding carboxylic acids is 1. The molecule has 0 saturated heterocycles. The van der Waals surface area contributed by atoms with Crippen molar-refractivity contribution < 1.29 is 14.3 Å². The van der Waals surface area contributed by atoms with Crippen molar-refractivity contribution in [1.82, 2.24) is 5.32 Å². The lowest BCUT2D eigenvalue weighted by Gasteiger charge is -2.11. The van der Waals surface area contributed by atoms with Crippen LogP contribution < -0.4 is 20.1 Å². The Morgan fingerprint density at radius 2 is 1.75 bits per heavy atom. The van der Waals surface area contributed by atoms with E-state index in [0.29, 0.717) is 40.2 Å². The van der Waals surface area contributed by atoms with Gasteiger partial charge in [0.15, 0.2) is 11.5 Å². The molecule has 7 heteroatoms. The van der Waals surface area contributed by atoms with Crippen LogP contribution in [0.5, 0.6) is 11.5 Å². The Labute approximate surface area is 150 Å². The van der Waals surface area contributed by atoms with Crippen LogP contribution in [0.2, 0.25) is 10.0 Å². The zero-order valence-electron chi connectivity index (χ0n) is 13.4. The third-order valence-electron chi connectivity index (χ3n) is 3.32. The molecule has 0 fully saturated rings. The molecule has 0 aliphatic heterocycles. The Morgan fingerprint density at radius 1 is 1.00 bits per heavy atom. The minimum absolute atomic E-state index is 0.311. The lowest BCUT2D eigenvalue weighted by atomic mass is 10.1. The molecule has 0 bridgehead atoms. The van der Waals surface area contributed by atoms with Gasteiger partial charge in [-0.1, -0.05) is 29.3 Å². The average Bonchev–Trinajstić information content (AvgIpc) is 2.58. The summed E-state index contributed by atoms with van der Waals surface area (Å²) < 4.78 is 10.4. The Kier molecular flexibility index (Phi) is 6.58. The molecule has 24 heavy (non-hydrogen) atoms. The third kappa shape index (κ3) is 4.94. The van der Waals surface area contributed by atoms with Gasteiger partial charge in [0.1, 0.15) is 0 Å². The molecule has 0 heterocycles. The van der Waals surface area contributed by atoms with Crippen LogP contribution in [-0.4, -0.2) is 26.8 Å². The largest absolute Gasteiger partial charge is 0.493 e. The fourth-order valence-corrected chi connectivity index (χ4v) is 2.40. The number of rotatable bonds is 6. The van der Waals surface area contributed by atoms with Crippen LogP contribution in [0.15, 0.2) is 36.4 Å². The summed E-state index contributed by atoms with van der Waals surface area (Å²) in [6.45, 7) is 0.475. The van der Waals surface area contributed by atoms with Crippen LogP contribution in [0.25, 0.3) is 0 Å². The van der Waals surface area contributed by atoms with Crippen LogP contribution in [0, 0.1) is 0 Å². The van der Waals surface area contributed by atoms with Crippen molar-refractivity contribution in [2.24, 2.45) is 0 Å². The molecular formula is C17H18Cl2N2O3. The summed E-state index contributed by atoms with van der Waals surface area (Å²) >= 11 is 11.7. The second-order valence-electron chi connectivity index (χ2n) is 4.95. The second-order valence-corrected chi connectivity index (χ2v) is 5.76. The number of methoxy groups -OCH3 is 2. The highest BCUT2D eigenvalue weighted by Crippen LogP contribution is 2.27. The van der Waals surface area contributed by atoms with Gasteiger partial charge in [-0.3, -0.25) is 0 Å². The van der Waals surface area contributed by atoms with E-state index in [1.54, 1.807) is 32.4 Å². The number of anilines is 1. The summed E-state index contributed by atoms with van der Waals surface area (Å²) in [5, 5.41) is 6.31. The molecule has 128 valence electrons. The Hall–Kier alpha value is -2.11. The minimum Gasteiger partial charge on any atom is -0.493 e. The van der Waals surface area contributed by atoms with Gasteiger partial charge in [0, 0.05) is 12.2 Å². The summed E-state index contributed by atoms with van der Waals surface area (Å²) in [7, 11) is 3.18. The normalized spacial score (nSPS) is 10.2. The van der Waals surface area contributed by atoms with E-state index in [1.165, 1.54) is 0 Å². The molecule has 0 unspecified atom stereocenters. The van der Waals surface area contributed by atoms with Gasteiger partial charge in [-0.25, -0.2) is 4.79 Å². The van der Waals surface area contributed by atoms with Crippen LogP contribution in [-0.2, 0) is 6.42 Å². The van der Waals surface area contributed by atoms with Crippen LogP contribution in [0.4, 0.5) is 10.5 Å². The number of ether oxygens (including phenoxy) is 2. The van der Waals surface area contributed by atoms with E-state index in [0.717, 1.165) is 5.56 Å². The quantitative estimate of drug-likeness (QED) is 0.795. The molecule has 0 saturated carbocycles. The fraction of sp³-hybridized carbons (Fsp3) is 0.235. The van der Waals surface area contributed by atoms with Gasteiger partial charge in [0.05, 0.1) is 24.3 Å². The smallest absolute Gasteiger partial charge is 0.319 e. The SMILES string of the molecule is COc1ccc(CCNC(=O)Nc2ccc(Cl)c(Cl)c2)cc1OC. The Morgan fingerprint density at radius 3 is 2.42 bits per heavy atom. The van der Waals surface area contributed by atoms with Crippen LogP contribution >= 0.6 is 23.2 Å². The first kappa shape index (κ1) is 18.2. The number of nitrogens with one attached hydrogen (secondary N) is 2. The van der Waals surface area contributed by atoms with E-state index in [-0.39, 0.29) is 6.03 Å². The monoisotopic (exact) mass is 368 g/mol. The highest BCUT2D eigenvalue weighted by molar-refractivity contribution is 6.42. The van der Waals surface area contributed by atoms with E-state index >= 15 is 0 Å². The van der Waals surface area contributed by atoms with Crippen LogP contribution in [0.1, 0.15) is 5.56 Å². The van der Waals surface area contributed by atoms with Gasteiger partial charge in [-0.05, 0) is 42.3 Å². The molecule has 2 rings (SSSR count). The van der Waals surface area contributed by atoms with Crippen LogP contribution in [0.3, 0.4) is 0 Å². The van der Waals surface area contributed by atoms with E-state index in [2.05, 4.69) is 10.6 Å². The van der Waals surface area contributed by atoms with Crippen molar-refractivity contribution in [1.29, 1.82) is 0 Å². The van der Waals surface area contributed by atoms with E-state index in [4.69, 9.17) is 32.7 Å². The lowest BCUT2D eigenvalue weighted by molar-refractivity contribution is 0.252. The highest BCUT2D eigenvalue weighted by atomic mass is 35.5. The topological polar surface area (TPSA) is 59.6 Å². The van der Waals surface area contributed by atoms with Crippen molar-refractivity contribution in [3.8, 4) is 11.5 Å². The molecule has 0 spiro atoms. The molecule has 2 amide bonds. The van der Waals surface area contributed by atoms with Crippen molar-refractivity contribution in [2.75, 3.05) is 26.1 Å². The first-order valence-corrected chi connectivity index (χ1v) is 8.00. The standard InChI is InChI=1S/C17H18Cl2N2O3/c1-23-15-6-3-11(9-16(15)24-2)7-8-20-17(22)21-12-4-5-13(18)14(19)10-12/h3-6,9-10H,7-8H2,1-2H3,(H2,20,21,22). The summed E-state index contributed by atoms with van der Waals surface area (Å²) in [6, 6.07) is 10.2. The van der Waals surface area contributed by atoms with Gasteiger partial charge in [0.25, 0.3) is 0 Å². The van der Waals surface area contributed by atoms with Gasteiger partial charge >= 0.3 is 6.03 Å². The predicted molar refractivity (Wildman–Crippen MR) is 96.7 cm³/mol. The average molecular weight is 369 g/mol. The van der Waals surface area contributed by atoms with Crippen molar-refractivity contribution >= 4 is 34.9 Å². The van der Waals surface area contributed by atoms with Gasteiger partial charge in [-0.2, -0.15) is 0 Å².